The Morgan fingerprint density at radius 3 is 2.79 bits per heavy atom. The van der Waals surface area contributed by atoms with Gasteiger partial charge in [-0.25, -0.2) is 0 Å². The Balaban J connectivity index is 2.27. The predicted octanol–water partition coefficient (Wildman–Crippen LogP) is 2.70. The lowest BCUT2D eigenvalue weighted by Crippen LogP contribution is -2.17. The van der Waals surface area contributed by atoms with E-state index in [-0.39, 0.29) is 5.75 Å². The van der Waals surface area contributed by atoms with Crippen LogP contribution in [0.5, 0.6) is 11.5 Å². The third-order valence-electron chi connectivity index (χ3n) is 2.60. The van der Waals surface area contributed by atoms with Crippen molar-refractivity contribution < 1.29 is 14.6 Å². The number of rotatable bonds is 9. The molecule has 2 N–H and O–H groups in total. The largest absolute Gasteiger partial charge is 0.504 e. The van der Waals surface area contributed by atoms with Crippen molar-refractivity contribution in [3.05, 3.63) is 23.8 Å². The fourth-order valence-corrected chi connectivity index (χ4v) is 1.69. The molecular formula is C15H25NO3. The minimum Gasteiger partial charge on any atom is -0.504 e. The molecule has 0 saturated heterocycles. The first kappa shape index (κ1) is 15.8. The molecule has 19 heavy (non-hydrogen) atoms. The molecule has 4 nitrogen and oxygen atoms in total. The van der Waals surface area contributed by atoms with Crippen molar-refractivity contribution in [2.45, 2.75) is 39.8 Å². The zero-order valence-corrected chi connectivity index (χ0v) is 12.1. The average Bonchev–Trinajstić information content (AvgIpc) is 2.37. The van der Waals surface area contributed by atoms with E-state index in [1.54, 1.807) is 6.07 Å². The second-order valence-corrected chi connectivity index (χ2v) is 4.68. The minimum atomic E-state index is 0.191. The van der Waals surface area contributed by atoms with Crippen LogP contribution in [0, 0.1) is 0 Å². The van der Waals surface area contributed by atoms with Gasteiger partial charge in [-0.3, -0.25) is 0 Å². The summed E-state index contributed by atoms with van der Waals surface area (Å²) in [5, 5.41) is 12.9. The summed E-state index contributed by atoms with van der Waals surface area (Å²) in [7, 11) is 0. The molecule has 0 aliphatic rings. The predicted molar refractivity (Wildman–Crippen MR) is 76.7 cm³/mol. The maximum atomic E-state index is 9.60. The first-order valence-corrected chi connectivity index (χ1v) is 6.90. The summed E-state index contributed by atoms with van der Waals surface area (Å²) < 4.78 is 10.8. The van der Waals surface area contributed by atoms with Gasteiger partial charge in [0.15, 0.2) is 11.5 Å². The third kappa shape index (κ3) is 6.45. The number of aromatic hydroxyl groups is 1. The minimum absolute atomic E-state index is 0.191. The van der Waals surface area contributed by atoms with Crippen LogP contribution in [-0.4, -0.2) is 31.0 Å². The highest BCUT2D eigenvalue weighted by molar-refractivity contribution is 5.41. The fraction of sp³-hybridized carbons (Fsp3) is 0.600. The molecular weight excluding hydrogens is 242 g/mol. The lowest BCUT2D eigenvalue weighted by molar-refractivity contribution is 0.0770. The summed E-state index contributed by atoms with van der Waals surface area (Å²) in [6.07, 6.45) is 1.29. The van der Waals surface area contributed by atoms with Crippen LogP contribution >= 0.6 is 0 Å². The standard InChI is InChI=1S/C15H25NO3/c1-4-18-15-10-13(6-7-14(15)17)11-16-8-5-9-19-12(2)3/h6-7,10,12,16-17H,4-5,8-9,11H2,1-3H3. The van der Waals surface area contributed by atoms with E-state index in [1.807, 2.05) is 32.9 Å². The number of phenols is 1. The van der Waals surface area contributed by atoms with Crippen LogP contribution in [0.3, 0.4) is 0 Å². The third-order valence-corrected chi connectivity index (χ3v) is 2.60. The Kier molecular flexibility index (Phi) is 7.30. The lowest BCUT2D eigenvalue weighted by Gasteiger charge is -2.10. The molecule has 0 aliphatic heterocycles. The smallest absolute Gasteiger partial charge is 0.161 e. The maximum Gasteiger partial charge on any atom is 0.161 e. The summed E-state index contributed by atoms with van der Waals surface area (Å²) in [4.78, 5) is 0. The molecule has 0 radical (unpaired) electrons. The second-order valence-electron chi connectivity index (χ2n) is 4.68. The highest BCUT2D eigenvalue weighted by Gasteiger charge is 2.03. The van der Waals surface area contributed by atoms with Crippen LogP contribution in [0.1, 0.15) is 32.8 Å². The van der Waals surface area contributed by atoms with Gasteiger partial charge in [-0.2, -0.15) is 0 Å². The molecule has 0 unspecified atom stereocenters. The zero-order chi connectivity index (χ0) is 14.1. The van der Waals surface area contributed by atoms with E-state index < -0.39 is 0 Å². The fourth-order valence-electron chi connectivity index (χ4n) is 1.69. The van der Waals surface area contributed by atoms with E-state index in [1.165, 1.54) is 0 Å². The van der Waals surface area contributed by atoms with Crippen molar-refractivity contribution >= 4 is 0 Å². The Morgan fingerprint density at radius 2 is 2.11 bits per heavy atom. The van der Waals surface area contributed by atoms with Crippen LogP contribution < -0.4 is 10.1 Å². The van der Waals surface area contributed by atoms with Crippen LogP contribution in [0.4, 0.5) is 0 Å². The number of ether oxygens (including phenoxy) is 2. The molecule has 4 heteroatoms. The highest BCUT2D eigenvalue weighted by atomic mass is 16.5. The van der Waals surface area contributed by atoms with Gasteiger partial charge in [-0.05, 0) is 51.4 Å². The van der Waals surface area contributed by atoms with Crippen LogP contribution in [0.2, 0.25) is 0 Å². The summed E-state index contributed by atoms with van der Waals surface area (Å²) in [5.74, 6) is 0.737. The summed E-state index contributed by atoms with van der Waals surface area (Å²) in [5.41, 5.74) is 1.10. The molecule has 108 valence electrons. The van der Waals surface area contributed by atoms with Gasteiger partial charge in [-0.15, -0.1) is 0 Å². The van der Waals surface area contributed by atoms with Gasteiger partial charge in [0, 0.05) is 13.2 Å². The van der Waals surface area contributed by atoms with Gasteiger partial charge in [0.2, 0.25) is 0 Å². The van der Waals surface area contributed by atoms with E-state index in [0.29, 0.717) is 18.5 Å². The molecule has 1 rings (SSSR count). The van der Waals surface area contributed by atoms with Crippen molar-refractivity contribution in [2.75, 3.05) is 19.8 Å². The Morgan fingerprint density at radius 1 is 1.32 bits per heavy atom. The van der Waals surface area contributed by atoms with Crippen molar-refractivity contribution in [1.29, 1.82) is 0 Å². The number of benzene rings is 1. The molecule has 1 aromatic rings. The zero-order valence-electron chi connectivity index (χ0n) is 12.1. The van der Waals surface area contributed by atoms with Gasteiger partial charge < -0.3 is 19.9 Å². The molecule has 0 heterocycles. The molecule has 0 amide bonds. The number of hydrogen-bond acceptors (Lipinski definition) is 4. The topological polar surface area (TPSA) is 50.7 Å². The lowest BCUT2D eigenvalue weighted by atomic mass is 10.2. The SMILES string of the molecule is CCOc1cc(CNCCCOC(C)C)ccc1O. The Hall–Kier alpha value is -1.26. The number of nitrogens with one attached hydrogen (secondary N) is 1. The van der Waals surface area contributed by atoms with Crippen molar-refractivity contribution in [2.24, 2.45) is 0 Å². The molecule has 0 fully saturated rings. The summed E-state index contributed by atoms with van der Waals surface area (Å²) in [6, 6.07) is 5.44. The number of hydrogen-bond donors (Lipinski definition) is 2. The molecule has 1 aromatic carbocycles. The normalized spacial score (nSPS) is 10.9. The van der Waals surface area contributed by atoms with E-state index >= 15 is 0 Å². The number of phenolic OH excluding ortho intramolecular Hbond substituents is 1. The summed E-state index contributed by atoms with van der Waals surface area (Å²) >= 11 is 0. The van der Waals surface area contributed by atoms with Gasteiger partial charge >= 0.3 is 0 Å². The summed E-state index contributed by atoms with van der Waals surface area (Å²) in [6.45, 7) is 9.00. The van der Waals surface area contributed by atoms with Gasteiger partial charge in [0.1, 0.15) is 0 Å². The Bertz CT molecular complexity index is 366. The van der Waals surface area contributed by atoms with Crippen molar-refractivity contribution in [3.8, 4) is 11.5 Å². The van der Waals surface area contributed by atoms with E-state index in [2.05, 4.69) is 5.32 Å². The maximum absolute atomic E-state index is 9.60. The van der Waals surface area contributed by atoms with Crippen LogP contribution in [-0.2, 0) is 11.3 Å². The first-order chi connectivity index (χ1) is 9.13. The van der Waals surface area contributed by atoms with Crippen molar-refractivity contribution in [1.82, 2.24) is 5.32 Å². The molecule has 0 aromatic heterocycles. The first-order valence-electron chi connectivity index (χ1n) is 6.90. The van der Waals surface area contributed by atoms with Gasteiger partial charge in [-0.1, -0.05) is 6.07 Å². The van der Waals surface area contributed by atoms with Gasteiger partial charge in [0.05, 0.1) is 12.7 Å². The van der Waals surface area contributed by atoms with Crippen LogP contribution in [0.25, 0.3) is 0 Å². The average molecular weight is 267 g/mol. The van der Waals surface area contributed by atoms with Gasteiger partial charge in [0.25, 0.3) is 0 Å². The monoisotopic (exact) mass is 267 g/mol. The Labute approximate surface area is 115 Å². The second kappa shape index (κ2) is 8.77. The molecule has 0 bridgehead atoms. The molecule has 0 saturated carbocycles. The van der Waals surface area contributed by atoms with E-state index in [9.17, 15) is 5.11 Å². The molecule has 0 aliphatic carbocycles. The van der Waals surface area contributed by atoms with E-state index in [4.69, 9.17) is 9.47 Å². The molecule has 0 spiro atoms. The molecule has 0 atom stereocenters. The highest BCUT2D eigenvalue weighted by Crippen LogP contribution is 2.26. The van der Waals surface area contributed by atoms with Crippen molar-refractivity contribution in [3.63, 3.8) is 0 Å². The quantitative estimate of drug-likeness (QED) is 0.675. The van der Waals surface area contributed by atoms with E-state index in [0.717, 1.165) is 31.7 Å². The van der Waals surface area contributed by atoms with Crippen LogP contribution in [0.15, 0.2) is 18.2 Å².